The number of halogens is 3. The zero-order valence-corrected chi connectivity index (χ0v) is 6.60. The Hall–Kier alpha value is -0.250. The number of alkyl halides is 3. The van der Waals surface area contributed by atoms with Crippen LogP contribution in [0.5, 0.6) is 0 Å². The molecule has 0 aromatic heterocycles. The molecule has 4 atom stereocenters. The number of hydrogen-bond donors (Lipinski definition) is 1. The van der Waals surface area contributed by atoms with Crippen LogP contribution in [-0.4, -0.2) is 30.2 Å². The highest BCUT2D eigenvalue weighted by Crippen LogP contribution is 2.16. The highest BCUT2D eigenvalue weighted by molar-refractivity contribution is 4.76. The molecule has 68 valence electrons. The molecule has 11 heavy (non-hydrogen) atoms. The molecule has 0 radical (unpaired) electrons. The maximum absolute atomic E-state index is 12.7. The minimum absolute atomic E-state index is 0.884. The fourth-order valence-electron chi connectivity index (χ4n) is 0.675. The zero-order valence-electron chi connectivity index (χ0n) is 6.60. The third kappa shape index (κ3) is 3.10. The molecule has 0 heterocycles. The van der Waals surface area contributed by atoms with E-state index in [0.29, 0.717) is 0 Å². The summed E-state index contributed by atoms with van der Waals surface area (Å²) in [5.74, 6) is -0.941. The summed E-state index contributed by atoms with van der Waals surface area (Å²) in [4.78, 5) is 0. The molecule has 0 rings (SSSR count). The van der Waals surface area contributed by atoms with Crippen molar-refractivity contribution in [3.05, 3.63) is 0 Å². The Morgan fingerprint density at radius 2 is 1.73 bits per heavy atom. The molecule has 0 fully saturated rings. The zero-order chi connectivity index (χ0) is 9.02. The second-order valence-corrected chi connectivity index (χ2v) is 2.74. The molecule has 0 amide bonds. The molecule has 0 aliphatic rings. The van der Waals surface area contributed by atoms with Gasteiger partial charge in [0.1, 0.15) is 18.4 Å². The lowest BCUT2D eigenvalue weighted by Crippen LogP contribution is -2.35. The van der Waals surface area contributed by atoms with Crippen LogP contribution in [0.3, 0.4) is 0 Å². The van der Waals surface area contributed by atoms with Crippen molar-refractivity contribution in [2.45, 2.75) is 32.3 Å². The van der Waals surface area contributed by atoms with Crippen molar-refractivity contribution in [2.24, 2.45) is 5.92 Å². The lowest BCUT2D eigenvalue weighted by molar-refractivity contribution is -0.00779. The Kier molecular flexibility index (Phi) is 4.49. The summed E-state index contributed by atoms with van der Waals surface area (Å²) in [6.07, 6.45) is -5.18. The molecule has 0 spiro atoms. The molecular weight excluding hydrogens is 157 g/mol. The van der Waals surface area contributed by atoms with Gasteiger partial charge in [-0.15, -0.1) is 0 Å². The molecule has 0 saturated heterocycles. The van der Waals surface area contributed by atoms with Crippen LogP contribution in [0.15, 0.2) is 0 Å². The van der Waals surface area contributed by atoms with E-state index in [4.69, 9.17) is 5.11 Å². The molecule has 4 heteroatoms. The number of aliphatic hydroxyl groups is 1. The molecule has 0 saturated carbocycles. The van der Waals surface area contributed by atoms with Crippen LogP contribution in [-0.2, 0) is 0 Å². The topological polar surface area (TPSA) is 20.2 Å². The van der Waals surface area contributed by atoms with Crippen molar-refractivity contribution < 1.29 is 18.3 Å². The molecule has 0 aromatic carbocycles. The van der Waals surface area contributed by atoms with Gasteiger partial charge in [-0.3, -0.25) is 4.39 Å². The first-order chi connectivity index (χ1) is 5.00. The first-order valence-corrected chi connectivity index (χ1v) is 3.52. The number of aliphatic hydroxyl groups excluding tert-OH is 1. The SMILES string of the molecule is CC(F)C(O)C(F)C(C)CF. The Morgan fingerprint density at radius 3 is 2.00 bits per heavy atom. The normalized spacial score (nSPS) is 22.4. The quantitative estimate of drug-likeness (QED) is 0.680. The standard InChI is InChI=1S/C7H13F3O/c1-4(3-8)6(10)7(11)5(2)9/h4-7,11H,3H2,1-2H3. The predicted molar refractivity (Wildman–Crippen MR) is 36.6 cm³/mol. The lowest BCUT2D eigenvalue weighted by Gasteiger charge is -2.20. The average Bonchev–Trinajstić information content (AvgIpc) is 2.00. The summed E-state index contributed by atoms with van der Waals surface area (Å²) in [6.45, 7) is 1.45. The lowest BCUT2D eigenvalue weighted by atomic mass is 10.0. The molecule has 1 nitrogen and oxygen atoms in total. The van der Waals surface area contributed by atoms with Crippen LogP contribution in [0, 0.1) is 5.92 Å². The molecular formula is C7H13F3O. The summed E-state index contributed by atoms with van der Waals surface area (Å²) < 4.78 is 36.7. The molecule has 0 bridgehead atoms. The first-order valence-electron chi connectivity index (χ1n) is 3.52. The van der Waals surface area contributed by atoms with Gasteiger partial charge in [0, 0.05) is 5.92 Å². The third-order valence-electron chi connectivity index (χ3n) is 1.58. The summed E-state index contributed by atoms with van der Waals surface area (Å²) in [7, 11) is 0. The van der Waals surface area contributed by atoms with E-state index in [1.165, 1.54) is 6.92 Å². The molecule has 0 aromatic rings. The van der Waals surface area contributed by atoms with E-state index in [0.717, 1.165) is 6.92 Å². The van der Waals surface area contributed by atoms with Gasteiger partial charge in [-0.2, -0.15) is 0 Å². The van der Waals surface area contributed by atoms with Crippen molar-refractivity contribution in [3.8, 4) is 0 Å². The smallest absolute Gasteiger partial charge is 0.134 e. The van der Waals surface area contributed by atoms with E-state index in [9.17, 15) is 13.2 Å². The van der Waals surface area contributed by atoms with Crippen LogP contribution in [0.2, 0.25) is 0 Å². The average molecular weight is 170 g/mol. The Balaban J connectivity index is 3.90. The van der Waals surface area contributed by atoms with E-state index < -0.39 is 31.0 Å². The highest BCUT2D eigenvalue weighted by Gasteiger charge is 2.29. The van der Waals surface area contributed by atoms with Gasteiger partial charge in [-0.1, -0.05) is 6.92 Å². The van der Waals surface area contributed by atoms with E-state index >= 15 is 0 Å². The van der Waals surface area contributed by atoms with Gasteiger partial charge >= 0.3 is 0 Å². The van der Waals surface area contributed by atoms with Crippen molar-refractivity contribution in [1.82, 2.24) is 0 Å². The third-order valence-corrected chi connectivity index (χ3v) is 1.58. The van der Waals surface area contributed by atoms with Crippen LogP contribution in [0.4, 0.5) is 13.2 Å². The van der Waals surface area contributed by atoms with Gasteiger partial charge in [0.2, 0.25) is 0 Å². The molecule has 4 unspecified atom stereocenters. The second kappa shape index (κ2) is 4.59. The van der Waals surface area contributed by atoms with E-state index in [1.54, 1.807) is 0 Å². The van der Waals surface area contributed by atoms with Crippen LogP contribution in [0.1, 0.15) is 13.8 Å². The maximum atomic E-state index is 12.7. The predicted octanol–water partition coefficient (Wildman–Crippen LogP) is 1.65. The van der Waals surface area contributed by atoms with Gasteiger partial charge in [0.05, 0.1) is 6.67 Å². The number of hydrogen-bond acceptors (Lipinski definition) is 1. The molecule has 1 N–H and O–H groups in total. The summed E-state index contributed by atoms with van der Waals surface area (Å²) >= 11 is 0. The van der Waals surface area contributed by atoms with Crippen molar-refractivity contribution in [3.63, 3.8) is 0 Å². The minimum Gasteiger partial charge on any atom is -0.387 e. The molecule has 0 aliphatic heterocycles. The van der Waals surface area contributed by atoms with Gasteiger partial charge in [-0.05, 0) is 6.92 Å². The summed E-state index contributed by atoms with van der Waals surface area (Å²) in [5, 5.41) is 8.78. The fourth-order valence-corrected chi connectivity index (χ4v) is 0.675. The Labute approximate surface area is 64.2 Å². The minimum atomic E-state index is -1.82. The Morgan fingerprint density at radius 1 is 1.27 bits per heavy atom. The van der Waals surface area contributed by atoms with Crippen LogP contribution in [0.25, 0.3) is 0 Å². The highest BCUT2D eigenvalue weighted by atomic mass is 19.2. The second-order valence-electron chi connectivity index (χ2n) is 2.74. The van der Waals surface area contributed by atoms with E-state index in [-0.39, 0.29) is 0 Å². The first kappa shape index (κ1) is 10.8. The van der Waals surface area contributed by atoms with Gasteiger partial charge in [-0.25, -0.2) is 8.78 Å². The largest absolute Gasteiger partial charge is 0.387 e. The van der Waals surface area contributed by atoms with Gasteiger partial charge < -0.3 is 5.11 Å². The van der Waals surface area contributed by atoms with E-state index in [2.05, 4.69) is 0 Å². The number of rotatable bonds is 4. The maximum Gasteiger partial charge on any atom is 0.134 e. The summed E-state index contributed by atoms with van der Waals surface area (Å²) in [6, 6.07) is 0. The summed E-state index contributed by atoms with van der Waals surface area (Å²) in [5.41, 5.74) is 0. The van der Waals surface area contributed by atoms with E-state index in [1.807, 2.05) is 0 Å². The van der Waals surface area contributed by atoms with Gasteiger partial charge in [0.15, 0.2) is 0 Å². The van der Waals surface area contributed by atoms with Crippen LogP contribution >= 0.6 is 0 Å². The Bertz CT molecular complexity index is 108. The fraction of sp³-hybridized carbons (Fsp3) is 1.00. The van der Waals surface area contributed by atoms with Crippen molar-refractivity contribution in [2.75, 3.05) is 6.67 Å². The van der Waals surface area contributed by atoms with Crippen molar-refractivity contribution >= 4 is 0 Å². The molecule has 0 aliphatic carbocycles. The monoisotopic (exact) mass is 170 g/mol. The van der Waals surface area contributed by atoms with Crippen molar-refractivity contribution in [1.29, 1.82) is 0 Å². The van der Waals surface area contributed by atoms with Gasteiger partial charge in [0.25, 0.3) is 0 Å². The van der Waals surface area contributed by atoms with Crippen LogP contribution < -0.4 is 0 Å².